The van der Waals surface area contributed by atoms with Gasteiger partial charge in [0, 0.05) is 11.6 Å². The quantitative estimate of drug-likeness (QED) is 0.347. The van der Waals surface area contributed by atoms with Crippen LogP contribution in [0.3, 0.4) is 0 Å². The van der Waals surface area contributed by atoms with Gasteiger partial charge in [0.25, 0.3) is 0 Å². The Bertz CT molecular complexity index is 640. The van der Waals surface area contributed by atoms with Crippen LogP contribution < -0.4 is 11.1 Å². The van der Waals surface area contributed by atoms with E-state index in [-0.39, 0.29) is 24.0 Å². The van der Waals surface area contributed by atoms with E-state index in [4.69, 9.17) is 10.2 Å². The number of guanidine groups is 1. The molecule has 0 aliphatic heterocycles. The zero-order chi connectivity index (χ0) is 17.4. The Balaban J connectivity index is 0.00000312. The molecule has 0 saturated carbocycles. The van der Waals surface area contributed by atoms with Gasteiger partial charge in [-0.05, 0) is 31.4 Å². The predicted octanol–water partition coefficient (Wildman–Crippen LogP) is 4.58. The number of benzene rings is 1. The van der Waals surface area contributed by atoms with Gasteiger partial charge in [0.15, 0.2) is 5.96 Å². The molecular formula is C19H29IN4O. The van der Waals surface area contributed by atoms with Crippen molar-refractivity contribution in [3.05, 3.63) is 42.3 Å². The third-order valence-corrected chi connectivity index (χ3v) is 3.80. The van der Waals surface area contributed by atoms with Gasteiger partial charge in [0.1, 0.15) is 12.0 Å². The zero-order valence-electron chi connectivity index (χ0n) is 15.2. The molecule has 0 aliphatic carbocycles. The molecule has 0 spiro atoms. The number of nitrogens with one attached hydrogen (secondary N) is 1. The Kier molecular flexibility index (Phi) is 9.55. The maximum absolute atomic E-state index is 5.95. The number of hydrogen-bond acceptors (Lipinski definition) is 3. The predicted molar refractivity (Wildman–Crippen MR) is 114 cm³/mol. The third kappa shape index (κ3) is 7.90. The number of aliphatic imine (C=N–C) groups is 1. The lowest BCUT2D eigenvalue weighted by Crippen LogP contribution is -2.38. The molecule has 5 nitrogen and oxygen atoms in total. The number of nitrogens with two attached hydrogens (primary N) is 1. The molecule has 2 aromatic rings. The first kappa shape index (κ1) is 21.5. The lowest BCUT2D eigenvalue weighted by atomic mass is 10.0. The van der Waals surface area contributed by atoms with E-state index in [1.54, 1.807) is 6.26 Å². The van der Waals surface area contributed by atoms with Crippen molar-refractivity contribution in [2.45, 2.75) is 52.6 Å². The number of aromatic nitrogens is 1. The van der Waals surface area contributed by atoms with Gasteiger partial charge in [-0.3, -0.25) is 0 Å². The van der Waals surface area contributed by atoms with Gasteiger partial charge >= 0.3 is 0 Å². The average Bonchev–Trinajstić information content (AvgIpc) is 3.02. The first-order chi connectivity index (χ1) is 11.5. The number of halogens is 1. The second-order valence-electron chi connectivity index (χ2n) is 6.58. The molecule has 2 rings (SSSR count). The molecule has 138 valence electrons. The van der Waals surface area contributed by atoms with Gasteiger partial charge < -0.3 is 15.5 Å². The minimum absolute atomic E-state index is 0. The average molecular weight is 456 g/mol. The summed E-state index contributed by atoms with van der Waals surface area (Å²) in [5, 5.41) is 3.23. The van der Waals surface area contributed by atoms with Gasteiger partial charge in [-0.1, -0.05) is 44.9 Å². The lowest BCUT2D eigenvalue weighted by molar-refractivity contribution is 0.493. The maximum atomic E-state index is 5.95. The van der Waals surface area contributed by atoms with E-state index >= 15 is 0 Å². The van der Waals surface area contributed by atoms with Crippen LogP contribution in [0.1, 0.15) is 45.7 Å². The Morgan fingerprint density at radius 1 is 1.20 bits per heavy atom. The largest absolute Gasteiger partial charge is 0.444 e. The minimum Gasteiger partial charge on any atom is -0.444 e. The molecule has 1 atom stereocenters. The summed E-state index contributed by atoms with van der Waals surface area (Å²) < 4.78 is 5.50. The van der Waals surface area contributed by atoms with E-state index in [0.717, 1.165) is 23.6 Å². The molecule has 0 saturated heterocycles. The van der Waals surface area contributed by atoms with Crippen molar-refractivity contribution in [2.75, 3.05) is 0 Å². The molecule has 6 heteroatoms. The van der Waals surface area contributed by atoms with Gasteiger partial charge in [0.2, 0.25) is 5.89 Å². The highest BCUT2D eigenvalue weighted by Gasteiger charge is 2.07. The molecule has 1 aromatic carbocycles. The smallest absolute Gasteiger partial charge is 0.226 e. The van der Waals surface area contributed by atoms with Crippen LogP contribution in [0.25, 0.3) is 11.5 Å². The van der Waals surface area contributed by atoms with Crippen LogP contribution >= 0.6 is 24.0 Å². The van der Waals surface area contributed by atoms with Gasteiger partial charge in [-0.25, -0.2) is 9.98 Å². The molecule has 25 heavy (non-hydrogen) atoms. The molecule has 1 aromatic heterocycles. The Morgan fingerprint density at radius 2 is 1.92 bits per heavy atom. The Hall–Kier alpha value is -1.57. The summed E-state index contributed by atoms with van der Waals surface area (Å²) in [6.07, 6.45) is 5.16. The van der Waals surface area contributed by atoms with Crippen LogP contribution in [-0.2, 0) is 6.54 Å². The summed E-state index contributed by atoms with van der Waals surface area (Å²) in [4.78, 5) is 8.79. The van der Waals surface area contributed by atoms with E-state index in [9.17, 15) is 0 Å². The highest BCUT2D eigenvalue weighted by Crippen LogP contribution is 2.18. The van der Waals surface area contributed by atoms with Crippen LogP contribution in [0.4, 0.5) is 0 Å². The fourth-order valence-electron chi connectivity index (χ4n) is 2.46. The lowest BCUT2D eigenvalue weighted by Gasteiger charge is -2.14. The fourth-order valence-corrected chi connectivity index (χ4v) is 2.46. The highest BCUT2D eigenvalue weighted by atomic mass is 127. The van der Waals surface area contributed by atoms with Crippen LogP contribution in [0.2, 0.25) is 0 Å². The monoisotopic (exact) mass is 456 g/mol. The molecule has 3 N–H and O–H groups in total. The van der Waals surface area contributed by atoms with E-state index in [1.807, 2.05) is 30.3 Å². The van der Waals surface area contributed by atoms with Crippen LogP contribution in [-0.4, -0.2) is 17.0 Å². The summed E-state index contributed by atoms with van der Waals surface area (Å²) in [7, 11) is 0. The number of oxazole rings is 1. The number of hydrogen-bond donors (Lipinski definition) is 2. The molecule has 1 unspecified atom stereocenters. The second-order valence-corrected chi connectivity index (χ2v) is 6.58. The van der Waals surface area contributed by atoms with E-state index < -0.39 is 0 Å². The van der Waals surface area contributed by atoms with E-state index in [2.05, 4.69) is 36.1 Å². The fraction of sp³-hybridized carbons (Fsp3) is 0.474. The van der Waals surface area contributed by atoms with Crippen molar-refractivity contribution in [2.24, 2.45) is 16.6 Å². The minimum atomic E-state index is 0. The van der Waals surface area contributed by atoms with Crippen LogP contribution in [0.5, 0.6) is 0 Å². The van der Waals surface area contributed by atoms with E-state index in [0.29, 0.717) is 24.4 Å². The van der Waals surface area contributed by atoms with Crippen molar-refractivity contribution in [3.8, 4) is 11.5 Å². The SMILES string of the molecule is CC(C)CCCC(C)NC(N)=NCc1coc(-c2ccccc2)n1.I. The first-order valence-electron chi connectivity index (χ1n) is 8.61. The van der Waals surface area contributed by atoms with Gasteiger partial charge in [-0.2, -0.15) is 0 Å². The molecule has 0 bridgehead atoms. The van der Waals surface area contributed by atoms with Gasteiger partial charge in [0.05, 0.1) is 6.54 Å². The van der Waals surface area contributed by atoms with Gasteiger partial charge in [-0.15, -0.1) is 24.0 Å². The normalized spacial score (nSPS) is 12.7. The summed E-state index contributed by atoms with van der Waals surface area (Å²) >= 11 is 0. The summed E-state index contributed by atoms with van der Waals surface area (Å²) in [5.41, 5.74) is 7.68. The molecule has 0 radical (unpaired) electrons. The van der Waals surface area contributed by atoms with Crippen molar-refractivity contribution < 1.29 is 4.42 Å². The topological polar surface area (TPSA) is 76.4 Å². The molecule has 0 fully saturated rings. The summed E-state index contributed by atoms with van der Waals surface area (Å²) in [6, 6.07) is 10.1. The molecule has 0 aliphatic rings. The van der Waals surface area contributed by atoms with Crippen LogP contribution in [0, 0.1) is 5.92 Å². The Labute approximate surface area is 167 Å². The van der Waals surface area contributed by atoms with Crippen molar-refractivity contribution in [3.63, 3.8) is 0 Å². The Morgan fingerprint density at radius 3 is 2.60 bits per heavy atom. The summed E-state index contributed by atoms with van der Waals surface area (Å²) in [5.74, 6) is 1.81. The van der Waals surface area contributed by atoms with Crippen molar-refractivity contribution in [1.82, 2.24) is 10.3 Å². The second kappa shape index (κ2) is 11.1. The third-order valence-electron chi connectivity index (χ3n) is 3.80. The number of nitrogens with zero attached hydrogens (tertiary/aromatic N) is 2. The van der Waals surface area contributed by atoms with Crippen molar-refractivity contribution in [1.29, 1.82) is 0 Å². The molecule has 1 heterocycles. The standard InChI is InChI=1S/C19H28N4O.HI/c1-14(2)8-7-9-15(3)22-19(20)21-12-17-13-24-18(23-17)16-10-5-4-6-11-16;/h4-6,10-11,13-15H,7-9,12H2,1-3H3,(H3,20,21,22);1H. The van der Waals surface area contributed by atoms with Crippen LogP contribution in [0.15, 0.2) is 46.0 Å². The maximum Gasteiger partial charge on any atom is 0.226 e. The molecule has 0 amide bonds. The first-order valence-corrected chi connectivity index (χ1v) is 8.61. The number of rotatable bonds is 8. The highest BCUT2D eigenvalue weighted by molar-refractivity contribution is 14.0. The zero-order valence-corrected chi connectivity index (χ0v) is 17.6. The van der Waals surface area contributed by atoms with E-state index in [1.165, 1.54) is 12.8 Å². The van der Waals surface area contributed by atoms with Crippen molar-refractivity contribution >= 4 is 29.9 Å². The summed E-state index contributed by atoms with van der Waals surface area (Å²) in [6.45, 7) is 7.03. The molecular weight excluding hydrogens is 427 g/mol.